The number of nitrogens with zero attached hydrogens (tertiary/aromatic N) is 13. The Kier molecular flexibility index (Phi) is 23.1. The van der Waals surface area contributed by atoms with Crippen LogP contribution in [0.3, 0.4) is 0 Å². The summed E-state index contributed by atoms with van der Waals surface area (Å²) in [6, 6.07) is 1.28. The predicted molar refractivity (Wildman–Crippen MR) is 365 cm³/mol. The number of aliphatic hydroxyl groups is 2. The molecule has 6 aliphatic rings. The molecule has 0 aromatic carbocycles. The molecule has 110 heavy (non-hydrogen) atoms. The molecule has 4 unspecified atom stereocenters. The lowest BCUT2D eigenvalue weighted by atomic mass is 10.1. The molecule has 13 rings (SSSR count). The number of anilines is 3. The molecule has 16 N–H and O–H groups in total. The van der Waals surface area contributed by atoms with Gasteiger partial charge < -0.3 is 76.0 Å². The van der Waals surface area contributed by atoms with Crippen LogP contribution in [0.5, 0.6) is 0 Å². The van der Waals surface area contributed by atoms with Gasteiger partial charge in [0, 0.05) is 75.6 Å². The highest BCUT2D eigenvalue weighted by atomic mass is 31.2. The topological polar surface area (TPSA) is 693 Å². The van der Waals surface area contributed by atoms with Gasteiger partial charge in [0.25, 0.3) is 16.7 Å². The molecule has 0 aliphatic carbocycles. The minimum absolute atomic E-state index is 0.00399. The van der Waals surface area contributed by atoms with Gasteiger partial charge in [0.15, 0.2) is 28.3 Å². The van der Waals surface area contributed by atoms with E-state index in [1.165, 1.54) is 53.1 Å². The Hall–Kier alpha value is -8.49. The molecule has 0 saturated carbocycles. The summed E-state index contributed by atoms with van der Waals surface area (Å²) >= 11 is 0. The van der Waals surface area contributed by atoms with Crippen molar-refractivity contribution in [1.29, 1.82) is 0 Å². The molecular weight excluding hydrogens is 1560 g/mol. The molecule has 19 atom stereocenters. The summed E-state index contributed by atoms with van der Waals surface area (Å²) < 4.78 is 136. The largest absolute Gasteiger partial charge is 0.472 e. The van der Waals surface area contributed by atoms with E-state index >= 15 is 0 Å². The van der Waals surface area contributed by atoms with Gasteiger partial charge in [-0.05, 0) is 19.9 Å². The van der Waals surface area contributed by atoms with Crippen molar-refractivity contribution in [1.82, 2.24) is 73.0 Å². The predicted octanol–water partition coefficient (Wildman–Crippen LogP) is -1.74. The van der Waals surface area contributed by atoms with Gasteiger partial charge in [-0.3, -0.25) is 93.2 Å². The second-order valence-corrected chi connectivity index (χ2v) is 31.6. The number of fused-ring (bicyclic) bond motifs is 2. The minimum atomic E-state index is -5.64. The number of amides is 1. The second kappa shape index (κ2) is 31.9. The molecule has 5 fully saturated rings. The van der Waals surface area contributed by atoms with Gasteiger partial charge in [0.2, 0.25) is 11.9 Å². The summed E-state index contributed by atoms with van der Waals surface area (Å²) in [6.07, 6.45) is -14.5. The SMILES string of the molecule is Cc1cn([C@H]2C[C@H](OP(=O)(O)OC[C@H]3O[C@@H](n4cnc5c(N)ncnc54)C[C@@H]3O)[C@@H](COP(=O)(O)O[C@H]3C[C@H](n4cc(/C=C/CNC(=O)CCC5(C)N=N5)c(=O)[nH]c4=O)O[C@@H]3COP(=O)(O)O[C@H]3C[C@H](n4cnc5c(=O)[nH]c(N)nc54)O[C@@H]3COP(=O)(O)O[C@H]3C[C@H](n4ccc(N)nc4=O)O[C@@H]3CO)O2)c(=O)[nH]c1=O. The van der Waals surface area contributed by atoms with E-state index in [4.69, 9.17) is 77.1 Å². The van der Waals surface area contributed by atoms with Crippen LogP contribution in [0.15, 0.2) is 88.7 Å². The summed E-state index contributed by atoms with van der Waals surface area (Å²) in [6.45, 7) is -1.86. The van der Waals surface area contributed by atoms with Crippen molar-refractivity contribution in [3.8, 4) is 0 Å². The first-order valence-corrected chi connectivity index (χ1v) is 39.3. The third-order valence-electron chi connectivity index (χ3n) is 18.2. The monoisotopic (exact) mass is 1630 g/mol. The van der Waals surface area contributed by atoms with Gasteiger partial charge in [-0.25, -0.2) is 52.6 Å². The average Bonchev–Trinajstić information content (AvgIpc) is 1.63. The number of imidazole rings is 2. The summed E-state index contributed by atoms with van der Waals surface area (Å²) in [5.41, 5.74) is 11.1. The van der Waals surface area contributed by atoms with Gasteiger partial charge in [-0.2, -0.15) is 20.2 Å². The summed E-state index contributed by atoms with van der Waals surface area (Å²) in [5.74, 6) is -0.791. The normalized spacial score (nSPS) is 28.7. The van der Waals surface area contributed by atoms with Crippen LogP contribution >= 0.6 is 31.3 Å². The van der Waals surface area contributed by atoms with Crippen molar-refractivity contribution >= 4 is 83.2 Å². The molecule has 50 nitrogen and oxygen atoms in total. The Balaban J connectivity index is 0.724. The zero-order valence-electron chi connectivity index (χ0n) is 57.4. The van der Waals surface area contributed by atoms with E-state index in [9.17, 15) is 81.6 Å². The number of nitrogens with two attached hydrogens (primary N) is 3. The summed E-state index contributed by atoms with van der Waals surface area (Å²) in [4.78, 5) is 167. The highest BCUT2D eigenvalue weighted by Crippen LogP contribution is 2.55. The maximum atomic E-state index is 14.4. The average molecular weight is 1630 g/mol. The van der Waals surface area contributed by atoms with Gasteiger partial charge in [-0.15, -0.1) is 0 Å². The third kappa shape index (κ3) is 18.5. The van der Waals surface area contributed by atoms with Crippen LogP contribution in [0.1, 0.15) is 94.1 Å². The van der Waals surface area contributed by atoms with Gasteiger partial charge in [-0.1, -0.05) is 12.2 Å². The number of nitrogen functional groups attached to an aromatic ring is 3. The lowest BCUT2D eigenvalue weighted by Gasteiger charge is -2.25. The quantitative estimate of drug-likeness (QED) is 0.0208. The molecule has 0 bridgehead atoms. The van der Waals surface area contributed by atoms with Crippen LogP contribution in [-0.4, -0.2) is 210 Å². The number of carbonyl (C=O) groups is 1. The maximum Gasteiger partial charge on any atom is 0.472 e. The van der Waals surface area contributed by atoms with Crippen LogP contribution < -0.4 is 56.3 Å². The number of carbonyl (C=O) groups excluding carboxylic acids is 1. The Morgan fingerprint density at radius 3 is 1.65 bits per heavy atom. The fraction of sp³-hybridized carbons (Fsp3) is 0.554. The number of aliphatic hydroxyl groups excluding tert-OH is 2. The first-order chi connectivity index (χ1) is 52.1. The molecule has 54 heteroatoms. The first-order valence-electron chi connectivity index (χ1n) is 33.3. The fourth-order valence-electron chi connectivity index (χ4n) is 12.6. The molecule has 13 heterocycles. The summed E-state index contributed by atoms with van der Waals surface area (Å²) in [7, 11) is -21.9. The molecular formula is C56H72N20O30P4. The Morgan fingerprint density at radius 2 is 1.09 bits per heavy atom. The Morgan fingerprint density at radius 1 is 0.609 bits per heavy atom. The van der Waals surface area contributed by atoms with Crippen LogP contribution in [-0.2, 0) is 82.9 Å². The zero-order valence-corrected chi connectivity index (χ0v) is 60.9. The molecule has 6 aliphatic heterocycles. The molecule has 596 valence electrons. The number of H-pyrrole nitrogens is 3. The van der Waals surface area contributed by atoms with Crippen molar-refractivity contribution in [3.63, 3.8) is 0 Å². The zero-order chi connectivity index (χ0) is 78.5. The van der Waals surface area contributed by atoms with E-state index in [0.717, 1.165) is 32.4 Å². The van der Waals surface area contributed by atoms with E-state index in [2.05, 4.69) is 60.4 Å². The van der Waals surface area contributed by atoms with Gasteiger partial charge in [0.1, 0.15) is 104 Å². The number of rotatable bonds is 32. The van der Waals surface area contributed by atoms with E-state index in [1.807, 2.05) is 0 Å². The number of phosphoric acid groups is 4. The number of ether oxygens (including phenoxy) is 5. The Bertz CT molecular complexity index is 5280. The van der Waals surface area contributed by atoms with Crippen molar-refractivity contribution in [2.75, 3.05) is 56.8 Å². The standard InChI is InChI=1S/C56H72N20O30P4/c1-25-15-73(54(84)68-49(25)80)41-12-29(104-107(86,87)94-18-33-27(78)10-39(99-33)75-23-63-44-46(58)61-22-62-47(44)75)34(100-41)19-96-109(90,91)105-30-13-42(74-16-26(50(81)69-55(74)85)4-3-8-60-38(79)5-7-56(2)70-71-56)101-35(30)20-97-110(92,93)106-31-14-43(76-24-64-45-48(76)66-52(59)67-51(45)82)102-36(31)21-95-108(88,89)103-28-11-40(98-32(28)17-77)72-9-6-37(57)65-53(72)83/h3-4,6,9,15-16,22-24,27-36,39-43,77-78H,5,7-8,10-14,17-21H2,1-2H3,(H,60,79)(H,86,87)(H,88,89)(H,90,91)(H,92,93)(H2,57,65,83)(H2,58,61,62)(H,68,80,84)(H,69,81,85)(H3,59,66,67,82)/b4-3+/t27-,28-,29-,30-,31-,32+,33+,34+,35+,36+,39+,40+,41+,42+,43+/m0/s1. The van der Waals surface area contributed by atoms with Crippen LogP contribution in [0, 0.1) is 6.92 Å². The molecule has 7 aromatic heterocycles. The van der Waals surface area contributed by atoms with Crippen molar-refractivity contribution in [2.24, 2.45) is 10.2 Å². The van der Waals surface area contributed by atoms with Gasteiger partial charge >= 0.3 is 48.4 Å². The highest BCUT2D eigenvalue weighted by molar-refractivity contribution is 7.48. The minimum Gasteiger partial charge on any atom is -0.394 e. The molecule has 5 saturated heterocycles. The number of hydrogen-bond donors (Lipinski definition) is 13. The molecule has 0 radical (unpaired) electrons. The molecule has 0 spiro atoms. The van der Waals surface area contributed by atoms with E-state index < -0.39 is 215 Å². The number of nitrogens with one attached hydrogen (secondary N) is 4. The third-order valence-corrected chi connectivity index (χ3v) is 22.2. The van der Waals surface area contributed by atoms with Crippen molar-refractivity contribution in [3.05, 3.63) is 123 Å². The fourth-order valence-corrected chi connectivity index (χ4v) is 16.4. The Labute approximate surface area is 613 Å². The number of aromatic nitrogens is 14. The lowest BCUT2D eigenvalue weighted by Crippen LogP contribution is -2.33. The van der Waals surface area contributed by atoms with Crippen molar-refractivity contribution in [2.45, 2.75) is 157 Å². The molecule has 1 amide bonds. The van der Waals surface area contributed by atoms with E-state index in [0.29, 0.717) is 6.42 Å². The van der Waals surface area contributed by atoms with Crippen LogP contribution in [0.4, 0.5) is 17.6 Å². The number of phosphoric ester groups is 4. The smallest absolute Gasteiger partial charge is 0.394 e. The highest BCUT2D eigenvalue weighted by Gasteiger charge is 2.50. The first kappa shape index (κ1) is 79.6. The number of hydrogen-bond acceptors (Lipinski definition) is 37. The maximum absolute atomic E-state index is 14.4. The van der Waals surface area contributed by atoms with E-state index in [-0.39, 0.29) is 82.8 Å². The van der Waals surface area contributed by atoms with Crippen molar-refractivity contribution < 1.29 is 113 Å². The van der Waals surface area contributed by atoms with Gasteiger partial charge in [0.05, 0.1) is 57.4 Å². The second-order valence-electron chi connectivity index (χ2n) is 26.0. The molecule has 7 aromatic rings. The van der Waals surface area contributed by atoms with Crippen LogP contribution in [0.2, 0.25) is 0 Å². The van der Waals surface area contributed by atoms with Crippen LogP contribution in [0.25, 0.3) is 28.4 Å². The number of aromatic amines is 3. The van der Waals surface area contributed by atoms with E-state index in [1.54, 1.807) is 6.92 Å². The lowest BCUT2D eigenvalue weighted by molar-refractivity contribution is -0.121. The number of aryl methyl sites for hydroxylation is 1. The summed E-state index contributed by atoms with van der Waals surface area (Å²) in [5, 5.41) is 31.5.